The number of amides is 1. The number of aliphatic imine (C=N–C) groups is 1. The van der Waals surface area contributed by atoms with Crippen molar-refractivity contribution in [2.75, 3.05) is 20.6 Å². The molecule has 2 N–H and O–H groups in total. The highest BCUT2D eigenvalue weighted by molar-refractivity contribution is 5.93. The zero-order chi connectivity index (χ0) is 20.7. The molecule has 1 heterocycles. The van der Waals surface area contributed by atoms with Gasteiger partial charge in [-0.25, -0.2) is 9.98 Å². The van der Waals surface area contributed by atoms with E-state index in [1.807, 2.05) is 31.2 Å². The maximum absolute atomic E-state index is 12.0. The first kappa shape index (κ1) is 21.5. The summed E-state index contributed by atoms with van der Waals surface area (Å²) in [5.41, 5.74) is 1.63. The molecule has 7 heteroatoms. The van der Waals surface area contributed by atoms with Gasteiger partial charge in [0, 0.05) is 31.6 Å². The van der Waals surface area contributed by atoms with E-state index in [1.165, 1.54) is 0 Å². The van der Waals surface area contributed by atoms with Crippen molar-refractivity contribution in [3.05, 3.63) is 53.2 Å². The van der Waals surface area contributed by atoms with Gasteiger partial charge in [-0.15, -0.1) is 0 Å². The molecule has 0 unspecified atom stereocenters. The lowest BCUT2D eigenvalue weighted by molar-refractivity contribution is 0.0827. The number of carbonyl (C=O) groups excluding carboxylic acids is 1. The smallest absolute Gasteiger partial charge is 0.253 e. The third-order valence-corrected chi connectivity index (χ3v) is 4.07. The van der Waals surface area contributed by atoms with Gasteiger partial charge in [-0.3, -0.25) is 4.79 Å². The minimum atomic E-state index is -0.0655. The van der Waals surface area contributed by atoms with Gasteiger partial charge in [0.25, 0.3) is 5.91 Å². The lowest BCUT2D eigenvalue weighted by Crippen LogP contribution is -2.36. The molecule has 1 amide bonds. The maximum atomic E-state index is 12.0. The van der Waals surface area contributed by atoms with Crippen molar-refractivity contribution in [3.63, 3.8) is 0 Å². The van der Waals surface area contributed by atoms with Gasteiger partial charge in [0.15, 0.2) is 5.96 Å². The van der Waals surface area contributed by atoms with E-state index in [9.17, 15) is 4.79 Å². The summed E-state index contributed by atoms with van der Waals surface area (Å²) in [6, 6.07) is 7.50. The highest BCUT2D eigenvalue weighted by atomic mass is 16.4. The molecule has 0 spiro atoms. The molecule has 0 bridgehead atoms. The monoisotopic (exact) mass is 385 g/mol. The summed E-state index contributed by atoms with van der Waals surface area (Å²) in [5, 5.41) is 6.45. The zero-order valence-electron chi connectivity index (χ0n) is 17.7. The number of carbonyl (C=O) groups is 1. The number of nitrogens with zero attached hydrogens (tertiary/aromatic N) is 3. The average molecular weight is 386 g/mol. The molecule has 2 aromatic rings. The van der Waals surface area contributed by atoms with Gasteiger partial charge in [-0.05, 0) is 24.6 Å². The lowest BCUT2D eigenvalue weighted by atomic mass is 9.94. The van der Waals surface area contributed by atoms with E-state index < -0.39 is 0 Å². The fraction of sp³-hybridized carbons (Fsp3) is 0.476. The normalized spacial score (nSPS) is 12.0. The van der Waals surface area contributed by atoms with Crippen molar-refractivity contribution in [1.82, 2.24) is 20.5 Å². The molecule has 0 fully saturated rings. The van der Waals surface area contributed by atoms with E-state index in [4.69, 9.17) is 4.42 Å². The SMILES string of the molecule is CCNC(=NCc1ccc(C(=O)N(C)C)cc1)NCc1ncc(C(C)(C)C)o1. The predicted octanol–water partition coefficient (Wildman–Crippen LogP) is 2.93. The molecular formula is C21H31N5O2. The second kappa shape index (κ2) is 9.39. The fourth-order valence-electron chi connectivity index (χ4n) is 2.42. The Kier molecular flexibility index (Phi) is 7.20. The topological polar surface area (TPSA) is 82.8 Å². The molecule has 1 aromatic heterocycles. The molecule has 0 radical (unpaired) electrons. The number of guanidine groups is 1. The molecule has 0 atom stereocenters. The van der Waals surface area contributed by atoms with Gasteiger partial charge in [-0.2, -0.15) is 0 Å². The zero-order valence-corrected chi connectivity index (χ0v) is 17.7. The second-order valence-electron chi connectivity index (χ2n) is 7.81. The van der Waals surface area contributed by atoms with E-state index in [0.29, 0.717) is 30.5 Å². The average Bonchev–Trinajstić information content (AvgIpc) is 3.13. The quantitative estimate of drug-likeness (QED) is 0.590. The molecular weight excluding hydrogens is 354 g/mol. The Labute approximate surface area is 167 Å². The van der Waals surface area contributed by atoms with Crippen LogP contribution < -0.4 is 10.6 Å². The molecule has 2 rings (SSSR count). The summed E-state index contributed by atoms with van der Waals surface area (Å²) in [6.07, 6.45) is 1.78. The van der Waals surface area contributed by atoms with Gasteiger partial charge in [0.2, 0.25) is 5.89 Å². The Morgan fingerprint density at radius 1 is 1.18 bits per heavy atom. The van der Waals surface area contributed by atoms with Crippen molar-refractivity contribution in [1.29, 1.82) is 0 Å². The first-order chi connectivity index (χ1) is 13.2. The standard InChI is InChI=1S/C21H31N5O2/c1-7-22-20(25-14-18-23-13-17(28-18)21(2,3)4)24-12-15-8-10-16(11-9-15)19(27)26(5)6/h8-11,13H,7,12,14H2,1-6H3,(H2,22,24,25). The van der Waals surface area contributed by atoms with Crippen LogP contribution in [0.3, 0.4) is 0 Å². The van der Waals surface area contributed by atoms with Crippen LogP contribution in [0.5, 0.6) is 0 Å². The molecule has 1 aromatic carbocycles. The van der Waals surface area contributed by atoms with Crippen molar-refractivity contribution >= 4 is 11.9 Å². The molecule has 0 saturated carbocycles. The molecule has 0 aliphatic heterocycles. The van der Waals surface area contributed by atoms with Gasteiger partial charge in [0.05, 0.1) is 19.3 Å². The Bertz CT molecular complexity index is 801. The molecule has 152 valence electrons. The number of oxazole rings is 1. The molecule has 0 saturated heterocycles. The van der Waals surface area contributed by atoms with Crippen LogP contribution in [0.25, 0.3) is 0 Å². The highest BCUT2D eigenvalue weighted by Gasteiger charge is 2.19. The summed E-state index contributed by atoms with van der Waals surface area (Å²) in [5.74, 6) is 2.16. The van der Waals surface area contributed by atoms with Gasteiger partial charge < -0.3 is 20.0 Å². The summed E-state index contributed by atoms with van der Waals surface area (Å²) in [7, 11) is 3.49. The van der Waals surface area contributed by atoms with Crippen LogP contribution in [0.4, 0.5) is 0 Å². The largest absolute Gasteiger partial charge is 0.443 e. The van der Waals surface area contributed by atoms with E-state index in [-0.39, 0.29) is 11.3 Å². The van der Waals surface area contributed by atoms with Crippen LogP contribution in [0, 0.1) is 0 Å². The van der Waals surface area contributed by atoms with Gasteiger partial charge in [0.1, 0.15) is 5.76 Å². The third kappa shape index (κ3) is 6.11. The Morgan fingerprint density at radius 2 is 1.86 bits per heavy atom. The lowest BCUT2D eigenvalue weighted by Gasteiger charge is -2.13. The van der Waals surface area contributed by atoms with E-state index in [0.717, 1.165) is 17.9 Å². The fourth-order valence-corrected chi connectivity index (χ4v) is 2.42. The summed E-state index contributed by atoms with van der Waals surface area (Å²) < 4.78 is 5.80. The van der Waals surface area contributed by atoms with E-state index in [1.54, 1.807) is 25.2 Å². The molecule has 7 nitrogen and oxygen atoms in total. The summed E-state index contributed by atoms with van der Waals surface area (Å²) in [6.45, 7) is 10.0. The van der Waals surface area contributed by atoms with E-state index >= 15 is 0 Å². The third-order valence-electron chi connectivity index (χ3n) is 4.07. The van der Waals surface area contributed by atoms with Crippen LogP contribution in [0.2, 0.25) is 0 Å². The van der Waals surface area contributed by atoms with Crippen LogP contribution >= 0.6 is 0 Å². The predicted molar refractivity (Wildman–Crippen MR) is 111 cm³/mol. The molecule has 0 aliphatic carbocycles. The second-order valence-corrected chi connectivity index (χ2v) is 7.81. The van der Waals surface area contributed by atoms with Gasteiger partial charge >= 0.3 is 0 Å². The van der Waals surface area contributed by atoms with Crippen molar-refractivity contribution in [2.45, 2.75) is 46.2 Å². The summed E-state index contributed by atoms with van der Waals surface area (Å²) in [4.78, 5) is 22.4. The number of rotatable bonds is 6. The number of hydrogen-bond donors (Lipinski definition) is 2. The Balaban J connectivity index is 1.98. The molecule has 0 aliphatic rings. The number of hydrogen-bond acceptors (Lipinski definition) is 4. The Hall–Kier alpha value is -2.83. The maximum Gasteiger partial charge on any atom is 0.253 e. The number of nitrogens with one attached hydrogen (secondary N) is 2. The Morgan fingerprint density at radius 3 is 2.39 bits per heavy atom. The van der Waals surface area contributed by atoms with Gasteiger partial charge in [-0.1, -0.05) is 32.9 Å². The number of benzene rings is 1. The van der Waals surface area contributed by atoms with Crippen LogP contribution in [-0.4, -0.2) is 42.4 Å². The van der Waals surface area contributed by atoms with E-state index in [2.05, 4.69) is 41.4 Å². The highest BCUT2D eigenvalue weighted by Crippen LogP contribution is 2.22. The minimum absolute atomic E-state index is 0.00868. The number of aromatic nitrogens is 1. The van der Waals surface area contributed by atoms with Crippen LogP contribution in [-0.2, 0) is 18.5 Å². The van der Waals surface area contributed by atoms with Crippen molar-refractivity contribution < 1.29 is 9.21 Å². The van der Waals surface area contributed by atoms with Crippen molar-refractivity contribution in [2.24, 2.45) is 4.99 Å². The minimum Gasteiger partial charge on any atom is -0.443 e. The first-order valence-electron chi connectivity index (χ1n) is 9.48. The first-order valence-corrected chi connectivity index (χ1v) is 9.48. The van der Waals surface area contributed by atoms with Crippen molar-refractivity contribution in [3.8, 4) is 0 Å². The van der Waals surface area contributed by atoms with Crippen LogP contribution in [0.1, 0.15) is 55.3 Å². The summed E-state index contributed by atoms with van der Waals surface area (Å²) >= 11 is 0. The molecule has 28 heavy (non-hydrogen) atoms. The van der Waals surface area contributed by atoms with Crippen LogP contribution in [0.15, 0.2) is 39.9 Å².